The molecule has 5 nitrogen and oxygen atoms in total. The maximum atomic E-state index is 11.5. The van der Waals surface area contributed by atoms with Crippen LogP contribution in [0.2, 0.25) is 0 Å². The SMILES string of the molecule is O=C(O)CC1(N2CCCOC2=O)CCC1. The second kappa shape index (κ2) is 3.72. The molecule has 2 rings (SSSR count). The highest BCUT2D eigenvalue weighted by molar-refractivity contribution is 5.73. The summed E-state index contributed by atoms with van der Waals surface area (Å²) in [5, 5.41) is 8.85. The van der Waals surface area contributed by atoms with Gasteiger partial charge in [0.2, 0.25) is 0 Å². The molecule has 0 aromatic carbocycles. The van der Waals surface area contributed by atoms with E-state index in [9.17, 15) is 9.59 Å². The van der Waals surface area contributed by atoms with Crippen molar-refractivity contribution in [2.45, 2.75) is 37.6 Å². The van der Waals surface area contributed by atoms with Crippen LogP contribution in [0, 0.1) is 0 Å². The molecule has 0 atom stereocenters. The fourth-order valence-corrected chi connectivity index (χ4v) is 2.39. The Balaban J connectivity index is 2.10. The van der Waals surface area contributed by atoms with Crippen molar-refractivity contribution in [2.75, 3.05) is 13.2 Å². The zero-order valence-corrected chi connectivity index (χ0v) is 8.57. The maximum Gasteiger partial charge on any atom is 0.410 e. The van der Waals surface area contributed by atoms with E-state index in [2.05, 4.69) is 0 Å². The third-order valence-electron chi connectivity index (χ3n) is 3.31. The second-order valence-electron chi connectivity index (χ2n) is 4.27. The molecule has 0 aromatic rings. The second-order valence-corrected chi connectivity index (χ2v) is 4.27. The van der Waals surface area contributed by atoms with E-state index in [1.165, 1.54) is 0 Å². The molecule has 2 aliphatic rings. The number of carboxylic acids is 1. The number of cyclic esters (lactones) is 1. The van der Waals surface area contributed by atoms with Crippen LogP contribution in [0.3, 0.4) is 0 Å². The topological polar surface area (TPSA) is 66.8 Å². The van der Waals surface area contributed by atoms with Gasteiger partial charge < -0.3 is 14.7 Å². The van der Waals surface area contributed by atoms with Gasteiger partial charge in [0.1, 0.15) is 0 Å². The first-order valence-corrected chi connectivity index (χ1v) is 5.30. The van der Waals surface area contributed by atoms with Crippen LogP contribution in [-0.2, 0) is 9.53 Å². The van der Waals surface area contributed by atoms with Gasteiger partial charge in [-0.05, 0) is 25.7 Å². The monoisotopic (exact) mass is 213 g/mol. The first-order valence-electron chi connectivity index (χ1n) is 5.30. The standard InChI is InChI=1S/C10H15NO4/c12-8(13)7-10(3-1-4-10)11-5-2-6-15-9(11)14/h1-7H2,(H,12,13). The summed E-state index contributed by atoms with van der Waals surface area (Å²) >= 11 is 0. The molecule has 1 amide bonds. The van der Waals surface area contributed by atoms with Crippen molar-refractivity contribution in [3.8, 4) is 0 Å². The van der Waals surface area contributed by atoms with Crippen LogP contribution in [0.15, 0.2) is 0 Å². The number of ether oxygens (including phenoxy) is 1. The van der Waals surface area contributed by atoms with Gasteiger partial charge in [0.05, 0.1) is 18.6 Å². The fourth-order valence-electron chi connectivity index (χ4n) is 2.39. The van der Waals surface area contributed by atoms with Crippen LogP contribution in [0.25, 0.3) is 0 Å². The van der Waals surface area contributed by atoms with E-state index in [0.29, 0.717) is 13.2 Å². The molecular formula is C10H15NO4. The van der Waals surface area contributed by atoms with Gasteiger partial charge in [-0.2, -0.15) is 0 Å². The molecule has 1 heterocycles. The van der Waals surface area contributed by atoms with Crippen molar-refractivity contribution < 1.29 is 19.4 Å². The first kappa shape index (κ1) is 10.3. The summed E-state index contributed by atoms with van der Waals surface area (Å²) in [5.74, 6) is -0.840. The zero-order valence-electron chi connectivity index (χ0n) is 8.57. The number of carboxylic acid groups (broad SMARTS) is 1. The van der Waals surface area contributed by atoms with Crippen molar-refractivity contribution in [2.24, 2.45) is 0 Å². The third kappa shape index (κ3) is 1.78. The van der Waals surface area contributed by atoms with Gasteiger partial charge in [0.25, 0.3) is 0 Å². The predicted molar refractivity (Wildman–Crippen MR) is 51.5 cm³/mol. The molecule has 2 fully saturated rings. The van der Waals surface area contributed by atoms with Crippen LogP contribution in [0.5, 0.6) is 0 Å². The van der Waals surface area contributed by atoms with Crippen LogP contribution in [0.4, 0.5) is 4.79 Å². The molecule has 1 aliphatic heterocycles. The van der Waals surface area contributed by atoms with Gasteiger partial charge in [-0.15, -0.1) is 0 Å². The minimum Gasteiger partial charge on any atom is -0.481 e. The summed E-state index contributed by atoms with van der Waals surface area (Å²) in [6.45, 7) is 1.09. The Hall–Kier alpha value is -1.26. The van der Waals surface area contributed by atoms with Gasteiger partial charge in [-0.25, -0.2) is 4.79 Å². The quantitative estimate of drug-likeness (QED) is 0.765. The van der Waals surface area contributed by atoms with Gasteiger partial charge in [0, 0.05) is 6.54 Å². The van der Waals surface area contributed by atoms with Crippen LogP contribution >= 0.6 is 0 Å². The summed E-state index contributed by atoms with van der Waals surface area (Å²) in [6, 6.07) is 0. The molecule has 0 radical (unpaired) electrons. The smallest absolute Gasteiger partial charge is 0.410 e. The van der Waals surface area contributed by atoms with E-state index in [1.54, 1.807) is 4.90 Å². The zero-order chi connectivity index (χ0) is 10.9. The molecule has 15 heavy (non-hydrogen) atoms. The molecule has 0 aromatic heterocycles. The summed E-state index contributed by atoms with van der Waals surface area (Å²) < 4.78 is 4.95. The number of amides is 1. The average Bonchev–Trinajstić information content (AvgIpc) is 2.12. The lowest BCUT2D eigenvalue weighted by molar-refractivity contribution is -0.142. The minimum absolute atomic E-state index is 0.0437. The van der Waals surface area contributed by atoms with Crippen molar-refractivity contribution in [3.05, 3.63) is 0 Å². The van der Waals surface area contributed by atoms with Crippen LogP contribution in [0.1, 0.15) is 32.1 Å². The summed E-state index contributed by atoms with van der Waals surface area (Å²) in [6.07, 6.45) is 3.07. The Kier molecular flexibility index (Phi) is 2.54. The van der Waals surface area contributed by atoms with Gasteiger partial charge in [0.15, 0.2) is 0 Å². The highest BCUT2D eigenvalue weighted by Crippen LogP contribution is 2.41. The number of hydrogen-bond acceptors (Lipinski definition) is 3. The van der Waals surface area contributed by atoms with Crippen molar-refractivity contribution in [3.63, 3.8) is 0 Å². The van der Waals surface area contributed by atoms with Gasteiger partial charge in [-0.1, -0.05) is 0 Å². The van der Waals surface area contributed by atoms with Crippen molar-refractivity contribution in [1.29, 1.82) is 0 Å². The maximum absolute atomic E-state index is 11.5. The van der Waals surface area contributed by atoms with Crippen molar-refractivity contribution >= 4 is 12.1 Å². The molecule has 1 saturated heterocycles. The number of hydrogen-bond donors (Lipinski definition) is 1. The molecule has 5 heteroatoms. The number of nitrogens with zero attached hydrogens (tertiary/aromatic N) is 1. The summed E-state index contributed by atoms with van der Waals surface area (Å²) in [7, 11) is 0. The number of aliphatic carboxylic acids is 1. The average molecular weight is 213 g/mol. The largest absolute Gasteiger partial charge is 0.481 e. The molecule has 0 spiro atoms. The van der Waals surface area contributed by atoms with Gasteiger partial charge >= 0.3 is 12.1 Å². The Morgan fingerprint density at radius 2 is 2.20 bits per heavy atom. The predicted octanol–water partition coefficient (Wildman–Crippen LogP) is 1.23. The van der Waals surface area contributed by atoms with E-state index in [4.69, 9.17) is 9.84 Å². The normalized spacial score (nSPS) is 24.3. The highest BCUT2D eigenvalue weighted by Gasteiger charge is 2.47. The first-order chi connectivity index (χ1) is 7.14. The Labute approximate surface area is 88.0 Å². The van der Waals surface area contributed by atoms with Gasteiger partial charge in [-0.3, -0.25) is 4.79 Å². The van der Waals surface area contributed by atoms with Crippen LogP contribution < -0.4 is 0 Å². The van der Waals surface area contributed by atoms with E-state index in [1.807, 2.05) is 0 Å². The number of carbonyl (C=O) groups is 2. The number of carbonyl (C=O) groups excluding carboxylic acids is 1. The number of rotatable bonds is 3. The summed E-state index contributed by atoms with van der Waals surface area (Å²) in [5.41, 5.74) is -0.455. The van der Waals surface area contributed by atoms with E-state index < -0.39 is 11.5 Å². The lowest BCUT2D eigenvalue weighted by atomic mass is 9.73. The molecule has 1 saturated carbocycles. The minimum atomic E-state index is -0.840. The Morgan fingerprint density at radius 1 is 1.47 bits per heavy atom. The lowest BCUT2D eigenvalue weighted by Crippen LogP contribution is -2.59. The summed E-state index contributed by atoms with van der Waals surface area (Å²) in [4.78, 5) is 23.9. The Morgan fingerprint density at radius 3 is 2.67 bits per heavy atom. The fraction of sp³-hybridized carbons (Fsp3) is 0.800. The highest BCUT2D eigenvalue weighted by atomic mass is 16.6. The van der Waals surface area contributed by atoms with E-state index in [-0.39, 0.29) is 12.5 Å². The van der Waals surface area contributed by atoms with Crippen LogP contribution in [-0.4, -0.2) is 40.8 Å². The van der Waals surface area contributed by atoms with E-state index >= 15 is 0 Å². The molecular weight excluding hydrogens is 198 g/mol. The molecule has 0 unspecified atom stereocenters. The molecule has 1 N–H and O–H groups in total. The lowest BCUT2D eigenvalue weighted by Gasteiger charge is -2.50. The van der Waals surface area contributed by atoms with E-state index in [0.717, 1.165) is 25.7 Å². The van der Waals surface area contributed by atoms with Crippen molar-refractivity contribution in [1.82, 2.24) is 4.90 Å². The molecule has 0 bridgehead atoms. The Bertz CT molecular complexity index is 285. The third-order valence-corrected chi connectivity index (χ3v) is 3.31. The molecule has 84 valence electrons. The molecule has 1 aliphatic carbocycles.